The third kappa shape index (κ3) is 6.68. The molecule has 0 saturated heterocycles. The monoisotopic (exact) mass is 402 g/mol. The third-order valence-corrected chi connectivity index (χ3v) is 5.51. The van der Waals surface area contributed by atoms with Gasteiger partial charge < -0.3 is 10.2 Å². The molecule has 2 aromatic carbocycles. The molecule has 1 atom stereocenters. The number of halogens is 1. The first kappa shape index (κ1) is 22.0. The molecular formula is C22H27FN2O2S. The van der Waals surface area contributed by atoms with Crippen LogP contribution in [0.25, 0.3) is 0 Å². The van der Waals surface area contributed by atoms with Crippen molar-refractivity contribution in [3.8, 4) is 0 Å². The summed E-state index contributed by atoms with van der Waals surface area (Å²) in [4.78, 5) is 26.9. The van der Waals surface area contributed by atoms with Crippen molar-refractivity contribution in [2.24, 2.45) is 0 Å². The largest absolute Gasteiger partial charge is 0.357 e. The molecule has 1 N–H and O–H groups in total. The number of likely N-dealkylation sites (N-methyl/N-ethyl adjacent to an activating group) is 1. The summed E-state index contributed by atoms with van der Waals surface area (Å²) in [5.74, 6) is 0.425. The van der Waals surface area contributed by atoms with E-state index in [-0.39, 0.29) is 23.4 Å². The molecule has 0 radical (unpaired) electrons. The number of carbonyl (C=O) groups is 2. The maximum absolute atomic E-state index is 13.0. The van der Waals surface area contributed by atoms with Crippen LogP contribution in [0.2, 0.25) is 0 Å². The van der Waals surface area contributed by atoms with Crippen LogP contribution in [0, 0.1) is 5.82 Å². The Morgan fingerprint density at radius 3 is 2.36 bits per heavy atom. The summed E-state index contributed by atoms with van der Waals surface area (Å²) in [5, 5.41) is 2.66. The fourth-order valence-electron chi connectivity index (χ4n) is 2.98. The van der Waals surface area contributed by atoms with Crippen molar-refractivity contribution in [2.45, 2.75) is 31.6 Å². The average Bonchev–Trinajstić information content (AvgIpc) is 2.72. The van der Waals surface area contributed by atoms with Crippen LogP contribution >= 0.6 is 11.8 Å². The van der Waals surface area contributed by atoms with Crippen LogP contribution in [-0.4, -0.2) is 42.1 Å². The number of thioether (sulfide) groups is 1. The average molecular weight is 403 g/mol. The molecule has 150 valence electrons. The maximum atomic E-state index is 13.0. The van der Waals surface area contributed by atoms with Gasteiger partial charge in [-0.15, -0.1) is 11.8 Å². The van der Waals surface area contributed by atoms with E-state index in [0.29, 0.717) is 25.1 Å². The van der Waals surface area contributed by atoms with E-state index in [4.69, 9.17) is 0 Å². The molecule has 0 bridgehead atoms. The molecule has 2 rings (SSSR count). The quantitative estimate of drug-likeness (QED) is 0.660. The van der Waals surface area contributed by atoms with Crippen molar-refractivity contribution in [3.63, 3.8) is 0 Å². The fourth-order valence-corrected chi connectivity index (χ4v) is 3.85. The zero-order valence-corrected chi connectivity index (χ0v) is 17.2. The number of benzene rings is 2. The molecule has 0 aliphatic rings. The molecule has 0 unspecified atom stereocenters. The summed E-state index contributed by atoms with van der Waals surface area (Å²) >= 11 is 1.47. The van der Waals surface area contributed by atoms with E-state index in [2.05, 4.69) is 5.32 Å². The Hall–Kier alpha value is -2.34. The molecule has 0 saturated carbocycles. The van der Waals surface area contributed by atoms with Gasteiger partial charge in [-0.25, -0.2) is 4.39 Å². The van der Waals surface area contributed by atoms with Crippen LogP contribution in [-0.2, 0) is 21.8 Å². The number of hydrogen-bond donors (Lipinski definition) is 1. The van der Waals surface area contributed by atoms with E-state index in [1.807, 2.05) is 37.3 Å². The van der Waals surface area contributed by atoms with Gasteiger partial charge in [0.2, 0.25) is 11.8 Å². The van der Waals surface area contributed by atoms with Crippen LogP contribution in [0.5, 0.6) is 0 Å². The van der Waals surface area contributed by atoms with Gasteiger partial charge in [0.1, 0.15) is 11.9 Å². The molecule has 0 spiro atoms. The molecule has 0 fully saturated rings. The summed E-state index contributed by atoms with van der Waals surface area (Å²) in [5.41, 5.74) is 2.10. The van der Waals surface area contributed by atoms with Crippen LogP contribution in [0.3, 0.4) is 0 Å². The highest BCUT2D eigenvalue weighted by Gasteiger charge is 2.27. The Bertz CT molecular complexity index is 753. The van der Waals surface area contributed by atoms with Gasteiger partial charge in [0.05, 0.1) is 5.75 Å². The predicted octanol–water partition coefficient (Wildman–Crippen LogP) is 3.65. The predicted molar refractivity (Wildman–Crippen MR) is 113 cm³/mol. The molecule has 4 nitrogen and oxygen atoms in total. The Morgan fingerprint density at radius 1 is 1.07 bits per heavy atom. The zero-order valence-electron chi connectivity index (χ0n) is 16.4. The van der Waals surface area contributed by atoms with Gasteiger partial charge in [0.25, 0.3) is 0 Å². The van der Waals surface area contributed by atoms with E-state index in [9.17, 15) is 14.0 Å². The standard InChI is InChI=1S/C22H27FN2O2S/c1-3-20(22(27)24-2)25(14-13-17-7-5-4-6-8-17)21(26)16-28-15-18-9-11-19(23)12-10-18/h4-12,20H,3,13-16H2,1-2H3,(H,24,27)/t20-/m1/s1. The Kier molecular flexibility index (Phi) is 9.01. The van der Waals surface area contributed by atoms with Crippen LogP contribution in [0.15, 0.2) is 54.6 Å². The van der Waals surface area contributed by atoms with E-state index in [1.54, 1.807) is 24.1 Å². The minimum Gasteiger partial charge on any atom is -0.357 e. The number of carbonyl (C=O) groups excluding carboxylic acids is 2. The van der Waals surface area contributed by atoms with Crippen LogP contribution in [0.1, 0.15) is 24.5 Å². The minimum absolute atomic E-state index is 0.0570. The van der Waals surface area contributed by atoms with Crippen molar-refractivity contribution >= 4 is 23.6 Å². The first-order valence-electron chi connectivity index (χ1n) is 9.42. The van der Waals surface area contributed by atoms with Gasteiger partial charge in [-0.05, 0) is 36.1 Å². The Balaban J connectivity index is 2.00. The van der Waals surface area contributed by atoms with Gasteiger partial charge in [-0.1, -0.05) is 49.4 Å². The summed E-state index contributed by atoms with van der Waals surface area (Å²) < 4.78 is 13.0. The van der Waals surface area contributed by atoms with Gasteiger partial charge >= 0.3 is 0 Å². The highest BCUT2D eigenvalue weighted by Crippen LogP contribution is 2.16. The van der Waals surface area contributed by atoms with Gasteiger partial charge in [0.15, 0.2) is 0 Å². The summed E-state index contributed by atoms with van der Waals surface area (Å²) in [6.45, 7) is 2.40. The lowest BCUT2D eigenvalue weighted by atomic mass is 10.1. The van der Waals surface area contributed by atoms with Crippen molar-refractivity contribution in [3.05, 3.63) is 71.5 Å². The second-order valence-electron chi connectivity index (χ2n) is 6.48. The van der Waals surface area contributed by atoms with Gasteiger partial charge in [-0.3, -0.25) is 9.59 Å². The summed E-state index contributed by atoms with van der Waals surface area (Å²) in [7, 11) is 1.59. The normalized spacial score (nSPS) is 11.7. The fraction of sp³-hybridized carbons (Fsp3) is 0.364. The topological polar surface area (TPSA) is 49.4 Å². The Labute approximate surface area is 170 Å². The van der Waals surface area contributed by atoms with E-state index >= 15 is 0 Å². The van der Waals surface area contributed by atoms with Crippen LogP contribution in [0.4, 0.5) is 4.39 Å². The van der Waals surface area contributed by atoms with Gasteiger partial charge in [-0.2, -0.15) is 0 Å². The van der Waals surface area contributed by atoms with E-state index in [0.717, 1.165) is 11.1 Å². The molecule has 0 aliphatic heterocycles. The molecule has 0 aromatic heterocycles. The van der Waals surface area contributed by atoms with Crippen molar-refractivity contribution in [2.75, 3.05) is 19.3 Å². The number of hydrogen-bond acceptors (Lipinski definition) is 3. The first-order valence-corrected chi connectivity index (χ1v) is 10.6. The van der Waals surface area contributed by atoms with E-state index in [1.165, 1.54) is 23.9 Å². The van der Waals surface area contributed by atoms with Crippen LogP contribution < -0.4 is 5.32 Å². The number of rotatable bonds is 10. The second kappa shape index (κ2) is 11.5. The molecular weight excluding hydrogens is 375 g/mol. The molecule has 2 amide bonds. The third-order valence-electron chi connectivity index (χ3n) is 4.52. The van der Waals surface area contributed by atoms with Crippen molar-refractivity contribution in [1.82, 2.24) is 10.2 Å². The summed E-state index contributed by atoms with van der Waals surface area (Å²) in [6, 6.07) is 15.7. The van der Waals surface area contributed by atoms with Crippen molar-refractivity contribution in [1.29, 1.82) is 0 Å². The zero-order chi connectivity index (χ0) is 20.4. The molecule has 2 aromatic rings. The molecule has 28 heavy (non-hydrogen) atoms. The van der Waals surface area contributed by atoms with Gasteiger partial charge in [0, 0.05) is 19.3 Å². The number of nitrogens with one attached hydrogen (secondary N) is 1. The second-order valence-corrected chi connectivity index (χ2v) is 7.47. The molecule has 0 aliphatic carbocycles. The lowest BCUT2D eigenvalue weighted by Gasteiger charge is -2.30. The highest BCUT2D eigenvalue weighted by molar-refractivity contribution is 7.99. The number of nitrogens with zero attached hydrogens (tertiary/aromatic N) is 1. The highest BCUT2D eigenvalue weighted by atomic mass is 32.2. The maximum Gasteiger partial charge on any atom is 0.242 e. The molecule has 6 heteroatoms. The molecule has 0 heterocycles. The Morgan fingerprint density at radius 2 is 1.75 bits per heavy atom. The van der Waals surface area contributed by atoms with E-state index < -0.39 is 6.04 Å². The lowest BCUT2D eigenvalue weighted by molar-refractivity contribution is -0.138. The first-order chi connectivity index (χ1) is 13.5. The van der Waals surface area contributed by atoms with Crippen molar-refractivity contribution < 1.29 is 14.0 Å². The SMILES string of the molecule is CC[C@H](C(=O)NC)N(CCc1ccccc1)C(=O)CSCc1ccc(F)cc1. The lowest BCUT2D eigenvalue weighted by Crippen LogP contribution is -2.50. The number of amides is 2. The summed E-state index contributed by atoms with van der Waals surface area (Å²) in [6.07, 6.45) is 1.26. The minimum atomic E-state index is -0.479. The smallest absolute Gasteiger partial charge is 0.242 e.